The van der Waals surface area contributed by atoms with E-state index in [1.807, 2.05) is 11.8 Å². The van der Waals surface area contributed by atoms with Crippen molar-refractivity contribution < 1.29 is 9.90 Å². The minimum Gasteiger partial charge on any atom is -0.388 e. The Morgan fingerprint density at radius 2 is 2.05 bits per heavy atom. The molecule has 4 heteroatoms. The molecule has 1 fully saturated rings. The van der Waals surface area contributed by atoms with Crippen LogP contribution in [0.3, 0.4) is 0 Å². The van der Waals surface area contributed by atoms with E-state index >= 15 is 0 Å². The number of hydrogen-bond donors (Lipinski definition) is 2. The number of carbonyl (C=O) groups excluding carboxylic acids is 1. The predicted molar refractivity (Wildman–Crippen MR) is 82.4 cm³/mol. The van der Waals surface area contributed by atoms with E-state index in [-0.39, 0.29) is 5.91 Å². The molecule has 1 aliphatic rings. The Hall–Kier alpha value is -0.220. The fourth-order valence-corrected chi connectivity index (χ4v) is 3.68. The van der Waals surface area contributed by atoms with Crippen molar-refractivity contribution in [3.8, 4) is 0 Å². The van der Waals surface area contributed by atoms with E-state index in [1.54, 1.807) is 0 Å². The summed E-state index contributed by atoms with van der Waals surface area (Å²) in [5.74, 6) is 2.54. The average Bonchev–Trinajstić information content (AvgIpc) is 2.38. The second-order valence-corrected chi connectivity index (χ2v) is 7.14. The molecule has 0 aromatic carbocycles. The van der Waals surface area contributed by atoms with Gasteiger partial charge in [0.25, 0.3) is 0 Å². The quantitative estimate of drug-likeness (QED) is 0.675. The van der Waals surface area contributed by atoms with Crippen molar-refractivity contribution in [3.63, 3.8) is 0 Å². The van der Waals surface area contributed by atoms with Gasteiger partial charge in [-0.05, 0) is 30.3 Å². The first-order valence-corrected chi connectivity index (χ1v) is 8.78. The van der Waals surface area contributed by atoms with Gasteiger partial charge in [-0.25, -0.2) is 0 Å². The first kappa shape index (κ1) is 16.8. The predicted octanol–water partition coefficient (Wildman–Crippen LogP) is 2.97. The zero-order chi connectivity index (χ0) is 14.1. The minimum absolute atomic E-state index is 0.0932. The van der Waals surface area contributed by atoms with Crippen molar-refractivity contribution in [2.75, 3.05) is 18.1 Å². The summed E-state index contributed by atoms with van der Waals surface area (Å²) in [6.07, 6.45) is 7.00. The molecule has 0 aromatic rings. The number of aliphatic hydroxyl groups is 1. The lowest BCUT2D eigenvalue weighted by atomic mass is 9.96. The minimum atomic E-state index is -0.660. The van der Waals surface area contributed by atoms with Crippen molar-refractivity contribution in [2.45, 2.75) is 64.4 Å². The lowest BCUT2D eigenvalue weighted by Crippen LogP contribution is -2.45. The number of unbranched alkanes of at least 4 members (excludes halogenated alkanes) is 2. The van der Waals surface area contributed by atoms with Gasteiger partial charge >= 0.3 is 0 Å². The maximum Gasteiger partial charge on any atom is 0.220 e. The van der Waals surface area contributed by atoms with Gasteiger partial charge in [-0.3, -0.25) is 4.79 Å². The average molecular weight is 287 g/mol. The molecule has 1 rings (SSSR count). The summed E-state index contributed by atoms with van der Waals surface area (Å²) >= 11 is 1.88. The fourth-order valence-electron chi connectivity index (χ4n) is 2.42. The molecule has 1 aliphatic heterocycles. The number of thioether (sulfide) groups is 1. The van der Waals surface area contributed by atoms with Crippen molar-refractivity contribution in [1.29, 1.82) is 0 Å². The highest BCUT2D eigenvalue weighted by Gasteiger charge is 2.29. The number of amides is 1. The summed E-state index contributed by atoms with van der Waals surface area (Å²) in [4.78, 5) is 11.8. The summed E-state index contributed by atoms with van der Waals surface area (Å²) in [5, 5.41) is 13.2. The Bertz CT molecular complexity index is 265. The van der Waals surface area contributed by atoms with Crippen molar-refractivity contribution >= 4 is 17.7 Å². The van der Waals surface area contributed by atoms with Crippen LogP contribution in [0.1, 0.15) is 58.8 Å². The maximum absolute atomic E-state index is 11.8. The van der Waals surface area contributed by atoms with E-state index < -0.39 is 5.60 Å². The molecular formula is C15H29NO2S. The molecule has 19 heavy (non-hydrogen) atoms. The van der Waals surface area contributed by atoms with E-state index in [4.69, 9.17) is 0 Å². The van der Waals surface area contributed by atoms with Crippen LogP contribution in [0.15, 0.2) is 0 Å². The molecule has 112 valence electrons. The van der Waals surface area contributed by atoms with Crippen LogP contribution in [0.4, 0.5) is 0 Å². The van der Waals surface area contributed by atoms with Crippen LogP contribution in [-0.2, 0) is 4.79 Å². The summed E-state index contributed by atoms with van der Waals surface area (Å²) in [6, 6.07) is 0. The summed E-state index contributed by atoms with van der Waals surface area (Å²) in [5.41, 5.74) is -0.660. The third kappa shape index (κ3) is 7.21. The molecule has 0 spiro atoms. The molecule has 1 atom stereocenters. The van der Waals surface area contributed by atoms with E-state index in [2.05, 4.69) is 19.2 Å². The van der Waals surface area contributed by atoms with E-state index in [0.29, 0.717) is 18.9 Å². The first-order valence-electron chi connectivity index (χ1n) is 7.62. The van der Waals surface area contributed by atoms with Crippen molar-refractivity contribution in [2.24, 2.45) is 5.92 Å². The molecule has 1 saturated heterocycles. The lowest BCUT2D eigenvalue weighted by Gasteiger charge is -2.31. The van der Waals surface area contributed by atoms with Crippen LogP contribution in [-0.4, -0.2) is 34.7 Å². The fraction of sp³-hybridized carbons (Fsp3) is 0.933. The smallest absolute Gasteiger partial charge is 0.220 e. The van der Waals surface area contributed by atoms with Crippen LogP contribution < -0.4 is 5.32 Å². The molecule has 1 heterocycles. The van der Waals surface area contributed by atoms with Crippen LogP contribution >= 0.6 is 11.8 Å². The van der Waals surface area contributed by atoms with Crippen molar-refractivity contribution in [3.05, 3.63) is 0 Å². The Morgan fingerprint density at radius 1 is 1.37 bits per heavy atom. The third-order valence-corrected chi connectivity index (χ3v) is 4.86. The first-order chi connectivity index (χ1) is 9.06. The second-order valence-electron chi connectivity index (χ2n) is 5.92. The van der Waals surface area contributed by atoms with Gasteiger partial charge in [0.2, 0.25) is 5.91 Å². The van der Waals surface area contributed by atoms with Crippen LogP contribution in [0.2, 0.25) is 0 Å². The Balaban J connectivity index is 2.16. The van der Waals surface area contributed by atoms with E-state index in [0.717, 1.165) is 30.8 Å². The summed E-state index contributed by atoms with van der Waals surface area (Å²) < 4.78 is 0. The number of rotatable bonds is 8. The zero-order valence-electron chi connectivity index (χ0n) is 12.4. The second kappa shape index (κ2) is 8.85. The zero-order valence-corrected chi connectivity index (χ0v) is 13.2. The molecule has 0 aliphatic carbocycles. The molecular weight excluding hydrogens is 258 g/mol. The number of nitrogens with one attached hydrogen (secondary N) is 1. The van der Waals surface area contributed by atoms with Crippen LogP contribution in [0, 0.1) is 5.92 Å². The van der Waals surface area contributed by atoms with Gasteiger partial charge < -0.3 is 10.4 Å². The standard InChI is InChI=1S/C15H29NO2S/c1-3-4-5-6-13(2)11-14(17)16-12-15(18)7-9-19-10-8-15/h13,18H,3-12H2,1-2H3,(H,16,17). The molecule has 1 unspecified atom stereocenters. The monoisotopic (exact) mass is 287 g/mol. The molecule has 1 amide bonds. The molecule has 0 radical (unpaired) electrons. The topological polar surface area (TPSA) is 49.3 Å². The van der Waals surface area contributed by atoms with E-state index in [9.17, 15) is 9.90 Å². The molecule has 3 nitrogen and oxygen atoms in total. The number of carbonyl (C=O) groups is 1. The van der Waals surface area contributed by atoms with Crippen molar-refractivity contribution in [1.82, 2.24) is 5.32 Å². The summed E-state index contributed by atoms with van der Waals surface area (Å²) in [6.45, 7) is 4.76. The van der Waals surface area contributed by atoms with E-state index in [1.165, 1.54) is 19.3 Å². The Labute approximate surface area is 121 Å². The highest BCUT2D eigenvalue weighted by molar-refractivity contribution is 7.99. The lowest BCUT2D eigenvalue weighted by molar-refractivity contribution is -0.123. The maximum atomic E-state index is 11.8. The molecule has 2 N–H and O–H groups in total. The highest BCUT2D eigenvalue weighted by atomic mass is 32.2. The van der Waals surface area contributed by atoms with Gasteiger partial charge in [-0.15, -0.1) is 0 Å². The van der Waals surface area contributed by atoms with Gasteiger partial charge in [0.05, 0.1) is 5.60 Å². The third-order valence-electron chi connectivity index (χ3n) is 3.87. The van der Waals surface area contributed by atoms with Gasteiger partial charge in [0, 0.05) is 13.0 Å². The van der Waals surface area contributed by atoms with Gasteiger partial charge in [0.1, 0.15) is 0 Å². The van der Waals surface area contributed by atoms with Crippen LogP contribution in [0.25, 0.3) is 0 Å². The normalized spacial score (nSPS) is 19.9. The van der Waals surface area contributed by atoms with Gasteiger partial charge in [-0.2, -0.15) is 11.8 Å². The highest BCUT2D eigenvalue weighted by Crippen LogP contribution is 2.26. The largest absolute Gasteiger partial charge is 0.388 e. The molecule has 0 bridgehead atoms. The number of hydrogen-bond acceptors (Lipinski definition) is 3. The summed E-state index contributed by atoms with van der Waals surface area (Å²) in [7, 11) is 0. The van der Waals surface area contributed by atoms with Gasteiger partial charge in [0.15, 0.2) is 0 Å². The Kier molecular flexibility index (Phi) is 7.84. The Morgan fingerprint density at radius 3 is 2.68 bits per heavy atom. The van der Waals surface area contributed by atoms with Gasteiger partial charge in [-0.1, -0.05) is 39.5 Å². The molecule has 0 saturated carbocycles. The molecule has 0 aromatic heterocycles. The van der Waals surface area contributed by atoms with Crippen LogP contribution in [0.5, 0.6) is 0 Å². The SMILES string of the molecule is CCCCCC(C)CC(=O)NCC1(O)CCSCC1.